The summed E-state index contributed by atoms with van der Waals surface area (Å²) < 4.78 is 3.34. The Morgan fingerprint density at radius 3 is 1.50 bits per heavy atom. The van der Waals surface area contributed by atoms with E-state index in [4.69, 9.17) is 0 Å². The fourth-order valence-corrected chi connectivity index (χ4v) is 2.21. The van der Waals surface area contributed by atoms with Gasteiger partial charge in [-0.05, 0) is 0 Å². The van der Waals surface area contributed by atoms with Crippen molar-refractivity contribution < 1.29 is 24.2 Å². The van der Waals surface area contributed by atoms with Gasteiger partial charge in [-0.1, -0.05) is 36.4 Å². The maximum atomic E-state index is 3.34. The predicted molar refractivity (Wildman–Crippen MR) is 82.8 cm³/mol. The molecule has 0 bridgehead atoms. The number of hydrogen-bond donors (Lipinski definition) is 0. The molecule has 0 saturated carbocycles. The van der Waals surface area contributed by atoms with Crippen LogP contribution in [0.1, 0.15) is 22.3 Å². The first-order valence-corrected chi connectivity index (χ1v) is 8.32. The van der Waals surface area contributed by atoms with Crippen molar-refractivity contribution in [2.45, 2.75) is 12.8 Å². The maximum absolute atomic E-state index is 3.34. The van der Waals surface area contributed by atoms with Gasteiger partial charge in [-0.3, -0.25) is 12.2 Å². The molecule has 0 amide bonds. The quantitative estimate of drug-likeness (QED) is 0.636. The van der Waals surface area contributed by atoms with Crippen LogP contribution in [0.3, 0.4) is 0 Å². The molecule has 0 fully saturated rings. The molecular formula is C19H16Zr. The summed E-state index contributed by atoms with van der Waals surface area (Å²) in [4.78, 5) is 0. The summed E-state index contributed by atoms with van der Waals surface area (Å²) in [5, 5.41) is 0. The van der Waals surface area contributed by atoms with E-state index in [0.717, 1.165) is 12.8 Å². The molecule has 96 valence electrons. The van der Waals surface area contributed by atoms with Gasteiger partial charge in [0.05, 0.1) is 0 Å². The zero-order valence-corrected chi connectivity index (χ0v) is 13.9. The third-order valence-electron chi connectivity index (χ3n) is 3.21. The Labute approximate surface area is 136 Å². The van der Waals surface area contributed by atoms with Crippen LogP contribution in [0.2, 0.25) is 0 Å². The molecule has 2 aliphatic rings. The minimum absolute atomic E-state index is 0.996. The Morgan fingerprint density at radius 1 is 0.700 bits per heavy atom. The monoisotopic (exact) mass is 334 g/mol. The summed E-state index contributed by atoms with van der Waals surface area (Å²) in [6.45, 7) is 0. The number of benzene rings is 2. The second-order valence-electron chi connectivity index (χ2n) is 4.45. The first-order valence-electron chi connectivity index (χ1n) is 6.58. The van der Waals surface area contributed by atoms with Gasteiger partial charge in [-0.2, -0.15) is 11.1 Å². The topological polar surface area (TPSA) is 0 Å². The van der Waals surface area contributed by atoms with Gasteiger partial charge in [0.15, 0.2) is 0 Å². The minimum atomic E-state index is 0.996. The van der Waals surface area contributed by atoms with Gasteiger partial charge in [0.25, 0.3) is 0 Å². The normalized spacial score (nSPS) is 12.7. The fraction of sp³-hybridized carbons (Fsp3) is 0.105. The van der Waals surface area contributed by atoms with Crippen molar-refractivity contribution in [3.8, 4) is 0 Å². The summed E-state index contributed by atoms with van der Waals surface area (Å²) in [6, 6.07) is 16.8. The average Bonchev–Trinajstić information content (AvgIpc) is 3.18. The summed E-state index contributed by atoms with van der Waals surface area (Å²) >= 11 is 1.30. The van der Waals surface area contributed by atoms with Crippen LogP contribution >= 0.6 is 0 Å². The van der Waals surface area contributed by atoms with Crippen LogP contribution in [0.25, 0.3) is 12.2 Å². The number of allylic oxidation sites excluding steroid dienone is 2. The van der Waals surface area contributed by atoms with Crippen molar-refractivity contribution in [2.75, 3.05) is 0 Å². The van der Waals surface area contributed by atoms with Gasteiger partial charge in [-0.15, -0.1) is 36.1 Å². The first-order chi connectivity index (χ1) is 9.93. The van der Waals surface area contributed by atoms with Gasteiger partial charge in [0, 0.05) is 0 Å². The predicted octanol–water partition coefficient (Wildman–Crippen LogP) is 4.08. The summed E-state index contributed by atoms with van der Waals surface area (Å²) in [6.07, 6.45) is 12.4. The number of rotatable bonds is 0. The molecule has 0 radical (unpaired) electrons. The molecule has 0 atom stereocenters. The van der Waals surface area contributed by atoms with Crippen LogP contribution in [0, 0.1) is 12.2 Å². The van der Waals surface area contributed by atoms with Crippen molar-refractivity contribution in [1.29, 1.82) is 0 Å². The Morgan fingerprint density at radius 2 is 1.10 bits per heavy atom. The van der Waals surface area contributed by atoms with E-state index in [9.17, 15) is 0 Å². The molecule has 0 spiro atoms. The number of hydrogen-bond acceptors (Lipinski definition) is 0. The van der Waals surface area contributed by atoms with Gasteiger partial charge in [0.2, 0.25) is 0 Å². The van der Waals surface area contributed by atoms with Crippen LogP contribution in [-0.4, -0.2) is 4.21 Å². The molecule has 0 nitrogen and oxygen atoms in total. The summed E-state index contributed by atoms with van der Waals surface area (Å²) in [5.74, 6) is 0. The molecule has 0 aliphatic heterocycles. The Hall–Kier alpha value is -1.33. The molecule has 0 heterocycles. The van der Waals surface area contributed by atoms with Crippen LogP contribution in [0.4, 0.5) is 0 Å². The molecule has 1 heteroatoms. The van der Waals surface area contributed by atoms with Gasteiger partial charge in [0.1, 0.15) is 0 Å². The van der Waals surface area contributed by atoms with E-state index in [2.05, 4.69) is 77.0 Å². The molecule has 4 rings (SSSR count). The van der Waals surface area contributed by atoms with Crippen molar-refractivity contribution >= 4 is 16.4 Å². The summed E-state index contributed by atoms with van der Waals surface area (Å²) in [7, 11) is 0. The van der Waals surface area contributed by atoms with E-state index in [0.29, 0.717) is 0 Å². The molecule has 0 N–H and O–H groups in total. The summed E-state index contributed by atoms with van der Waals surface area (Å²) in [5.41, 5.74) is 5.46. The SMILES string of the molecule is [C-]1=Cc2ccccc2C1.[C-]1=Cc2ccccc2C1.[CH2]=[Zr+2]. The molecule has 2 aliphatic carbocycles. The van der Waals surface area contributed by atoms with Crippen LogP contribution in [0.5, 0.6) is 0 Å². The van der Waals surface area contributed by atoms with Crippen LogP contribution < -0.4 is 0 Å². The van der Waals surface area contributed by atoms with Gasteiger partial charge >= 0.3 is 28.4 Å². The first kappa shape index (κ1) is 15.1. The fourth-order valence-electron chi connectivity index (χ4n) is 2.21. The van der Waals surface area contributed by atoms with Crippen molar-refractivity contribution in [2.24, 2.45) is 0 Å². The van der Waals surface area contributed by atoms with Crippen LogP contribution in [-0.2, 0) is 37.1 Å². The molecule has 20 heavy (non-hydrogen) atoms. The molecule has 0 saturated heterocycles. The van der Waals surface area contributed by atoms with E-state index in [1.54, 1.807) is 0 Å². The van der Waals surface area contributed by atoms with E-state index in [-0.39, 0.29) is 0 Å². The molecule has 2 aromatic rings. The molecule has 2 aromatic carbocycles. The van der Waals surface area contributed by atoms with Crippen molar-refractivity contribution in [3.63, 3.8) is 0 Å². The molecule has 0 aromatic heterocycles. The number of fused-ring (bicyclic) bond motifs is 2. The van der Waals surface area contributed by atoms with Crippen molar-refractivity contribution in [3.05, 3.63) is 82.9 Å². The van der Waals surface area contributed by atoms with Gasteiger partial charge < -0.3 is 0 Å². The van der Waals surface area contributed by atoms with E-state index >= 15 is 0 Å². The van der Waals surface area contributed by atoms with Crippen molar-refractivity contribution in [1.82, 2.24) is 0 Å². The molecular weight excluding hydrogens is 319 g/mol. The Balaban J connectivity index is 0.000000131. The average molecular weight is 336 g/mol. The van der Waals surface area contributed by atoms with Gasteiger partial charge in [-0.25, -0.2) is 12.2 Å². The Bertz CT molecular complexity index is 568. The Kier molecular flexibility index (Phi) is 6.08. The zero-order chi connectivity index (χ0) is 14.2. The second kappa shape index (κ2) is 8.07. The van der Waals surface area contributed by atoms with E-state index in [1.807, 2.05) is 0 Å². The van der Waals surface area contributed by atoms with Crippen LogP contribution in [0.15, 0.2) is 48.5 Å². The second-order valence-corrected chi connectivity index (χ2v) is 4.45. The third kappa shape index (κ3) is 3.84. The van der Waals surface area contributed by atoms with E-state index < -0.39 is 0 Å². The third-order valence-corrected chi connectivity index (χ3v) is 3.21. The zero-order valence-electron chi connectivity index (χ0n) is 11.4. The standard InChI is InChI=1S/2C9H7.CH2.Zr/c2*1-2-5-9-7-3-6-8(9)4-1;;/h2*1-2,4-6H,7H2;1H2;/q2*-1;;+2. The molecule has 0 unspecified atom stereocenters. The van der Waals surface area contributed by atoms with E-state index in [1.165, 1.54) is 46.5 Å².